The summed E-state index contributed by atoms with van der Waals surface area (Å²) < 4.78 is 52.5. The Labute approximate surface area is 145 Å². The van der Waals surface area contributed by atoms with Crippen LogP contribution in [0.3, 0.4) is 0 Å². The summed E-state index contributed by atoms with van der Waals surface area (Å²) in [5.74, 6) is 0.727. The Morgan fingerprint density at radius 3 is 2.17 bits per heavy atom. The first kappa shape index (κ1) is 19.4. The number of hydrogen-bond acceptors (Lipinski definition) is 4. The molecule has 2 rings (SSSR count). The third kappa shape index (κ3) is 4.00. The lowest BCUT2D eigenvalue weighted by atomic mass is 9.78. The lowest BCUT2D eigenvalue weighted by Crippen LogP contribution is -2.43. The zero-order chi connectivity index (χ0) is 18.3. The SMILES string of the molecule is Cc1cc(S(C)(=O)=O)c(C)c(S(=O)(=O)NC2CCCC(C)C2C)c1. The van der Waals surface area contributed by atoms with Crippen molar-refractivity contribution in [3.63, 3.8) is 0 Å². The van der Waals surface area contributed by atoms with E-state index in [4.69, 9.17) is 0 Å². The molecule has 0 saturated heterocycles. The molecule has 1 aliphatic rings. The number of sulfone groups is 1. The minimum Gasteiger partial charge on any atom is -0.224 e. The van der Waals surface area contributed by atoms with Crippen LogP contribution in [-0.4, -0.2) is 29.1 Å². The molecule has 0 spiro atoms. The normalized spacial score (nSPS) is 25.6. The van der Waals surface area contributed by atoms with Gasteiger partial charge in [0.2, 0.25) is 10.0 Å². The van der Waals surface area contributed by atoms with E-state index in [1.54, 1.807) is 19.9 Å². The Kier molecular flexibility index (Phi) is 5.47. The molecule has 0 amide bonds. The first-order valence-electron chi connectivity index (χ1n) is 8.27. The minimum absolute atomic E-state index is 0.0633. The van der Waals surface area contributed by atoms with E-state index in [0.717, 1.165) is 25.5 Å². The first-order chi connectivity index (χ1) is 10.9. The summed E-state index contributed by atoms with van der Waals surface area (Å²) >= 11 is 0. The summed E-state index contributed by atoms with van der Waals surface area (Å²) in [6.45, 7) is 7.47. The zero-order valence-corrected chi connectivity index (χ0v) is 16.6. The molecule has 3 atom stereocenters. The maximum absolute atomic E-state index is 12.9. The Bertz CT molecular complexity index is 828. The molecular formula is C17H27NO4S2. The van der Waals surface area contributed by atoms with Gasteiger partial charge in [-0.3, -0.25) is 0 Å². The van der Waals surface area contributed by atoms with Crippen molar-refractivity contribution in [1.82, 2.24) is 4.72 Å². The first-order valence-corrected chi connectivity index (χ1v) is 11.6. The number of hydrogen-bond donors (Lipinski definition) is 1. The van der Waals surface area contributed by atoms with Crippen LogP contribution in [0.2, 0.25) is 0 Å². The molecule has 3 unspecified atom stereocenters. The van der Waals surface area contributed by atoms with E-state index in [0.29, 0.717) is 11.5 Å². The summed E-state index contributed by atoms with van der Waals surface area (Å²) in [6, 6.07) is 2.96. The number of sulfonamides is 1. The summed E-state index contributed by atoms with van der Waals surface area (Å²) in [7, 11) is -7.25. The Balaban J connectivity index is 2.45. The lowest BCUT2D eigenvalue weighted by Gasteiger charge is -2.34. The fourth-order valence-electron chi connectivity index (χ4n) is 3.47. The Morgan fingerprint density at radius 2 is 1.58 bits per heavy atom. The van der Waals surface area contributed by atoms with Gasteiger partial charge in [0.1, 0.15) is 0 Å². The number of benzene rings is 1. The highest BCUT2D eigenvalue weighted by molar-refractivity contribution is 7.91. The molecule has 5 nitrogen and oxygen atoms in total. The molecule has 1 aromatic carbocycles. The van der Waals surface area contributed by atoms with E-state index < -0.39 is 19.9 Å². The van der Waals surface area contributed by atoms with E-state index in [-0.39, 0.29) is 27.3 Å². The zero-order valence-electron chi connectivity index (χ0n) is 15.0. The largest absolute Gasteiger partial charge is 0.241 e. The van der Waals surface area contributed by atoms with Crippen molar-refractivity contribution in [2.45, 2.75) is 62.8 Å². The second-order valence-electron chi connectivity index (χ2n) is 7.15. The van der Waals surface area contributed by atoms with Gasteiger partial charge in [-0.15, -0.1) is 0 Å². The van der Waals surface area contributed by atoms with E-state index in [2.05, 4.69) is 18.6 Å². The van der Waals surface area contributed by atoms with Gasteiger partial charge in [0.25, 0.3) is 0 Å². The molecule has 0 bridgehead atoms. The van der Waals surface area contributed by atoms with Gasteiger partial charge in [-0.2, -0.15) is 0 Å². The van der Waals surface area contributed by atoms with Crippen LogP contribution in [-0.2, 0) is 19.9 Å². The van der Waals surface area contributed by atoms with Crippen LogP contribution in [0.1, 0.15) is 44.2 Å². The number of nitrogens with one attached hydrogen (secondary N) is 1. The predicted octanol–water partition coefficient (Wildman–Crippen LogP) is 2.81. The molecule has 24 heavy (non-hydrogen) atoms. The maximum Gasteiger partial charge on any atom is 0.241 e. The van der Waals surface area contributed by atoms with Gasteiger partial charge >= 0.3 is 0 Å². The number of aryl methyl sites for hydroxylation is 1. The molecule has 1 aliphatic carbocycles. The van der Waals surface area contributed by atoms with Crippen molar-refractivity contribution in [2.75, 3.05) is 6.26 Å². The molecule has 0 radical (unpaired) electrons. The van der Waals surface area contributed by atoms with Crippen LogP contribution in [0.5, 0.6) is 0 Å². The standard InChI is InChI=1S/C17H27NO4S2/c1-11-9-16(23(5,19)20)14(4)17(10-11)24(21,22)18-15-8-6-7-12(2)13(15)3/h9-10,12-13,15,18H,6-8H2,1-5H3. The molecular weight excluding hydrogens is 346 g/mol. The van der Waals surface area contributed by atoms with Crippen LogP contribution in [0.15, 0.2) is 21.9 Å². The van der Waals surface area contributed by atoms with E-state index in [1.807, 2.05) is 0 Å². The van der Waals surface area contributed by atoms with Gasteiger partial charge in [-0.1, -0.05) is 26.7 Å². The second-order valence-corrected chi connectivity index (χ2v) is 10.8. The van der Waals surface area contributed by atoms with E-state index in [1.165, 1.54) is 6.07 Å². The monoisotopic (exact) mass is 373 g/mol. The fraction of sp³-hybridized carbons (Fsp3) is 0.647. The molecule has 7 heteroatoms. The van der Waals surface area contributed by atoms with Crippen molar-refractivity contribution < 1.29 is 16.8 Å². The van der Waals surface area contributed by atoms with Crippen LogP contribution in [0.4, 0.5) is 0 Å². The van der Waals surface area contributed by atoms with Crippen molar-refractivity contribution in [3.8, 4) is 0 Å². The van der Waals surface area contributed by atoms with Crippen molar-refractivity contribution in [2.24, 2.45) is 11.8 Å². The molecule has 1 aromatic rings. The Morgan fingerprint density at radius 1 is 1.00 bits per heavy atom. The summed E-state index contributed by atoms with van der Waals surface area (Å²) in [5, 5.41) is 0. The summed E-state index contributed by atoms with van der Waals surface area (Å²) in [5.41, 5.74) is 0.901. The predicted molar refractivity (Wildman–Crippen MR) is 95.3 cm³/mol. The van der Waals surface area contributed by atoms with E-state index >= 15 is 0 Å². The minimum atomic E-state index is -3.77. The molecule has 0 aromatic heterocycles. The van der Waals surface area contributed by atoms with Crippen molar-refractivity contribution >= 4 is 19.9 Å². The van der Waals surface area contributed by atoms with Gasteiger partial charge in [-0.05, 0) is 55.4 Å². The van der Waals surface area contributed by atoms with Crippen LogP contribution < -0.4 is 4.72 Å². The van der Waals surface area contributed by atoms with Gasteiger partial charge in [0, 0.05) is 12.3 Å². The summed E-state index contributed by atoms with van der Waals surface area (Å²) in [6.07, 6.45) is 4.03. The van der Waals surface area contributed by atoms with Crippen molar-refractivity contribution in [3.05, 3.63) is 23.3 Å². The van der Waals surface area contributed by atoms with Crippen LogP contribution in [0, 0.1) is 25.7 Å². The molecule has 136 valence electrons. The molecule has 0 aliphatic heterocycles. The van der Waals surface area contributed by atoms with Crippen LogP contribution >= 0.6 is 0 Å². The smallest absolute Gasteiger partial charge is 0.224 e. The summed E-state index contributed by atoms with van der Waals surface area (Å²) in [4.78, 5) is 0.140. The van der Waals surface area contributed by atoms with Gasteiger partial charge in [0.15, 0.2) is 9.84 Å². The van der Waals surface area contributed by atoms with Gasteiger partial charge in [-0.25, -0.2) is 21.6 Å². The van der Waals surface area contributed by atoms with Crippen molar-refractivity contribution in [1.29, 1.82) is 0 Å². The molecule has 0 heterocycles. The maximum atomic E-state index is 12.9. The lowest BCUT2D eigenvalue weighted by molar-refractivity contribution is 0.227. The molecule has 1 saturated carbocycles. The highest BCUT2D eigenvalue weighted by Gasteiger charge is 2.32. The third-order valence-electron chi connectivity index (χ3n) is 5.16. The Hall–Kier alpha value is -0.920. The topological polar surface area (TPSA) is 80.3 Å². The van der Waals surface area contributed by atoms with Gasteiger partial charge < -0.3 is 0 Å². The van der Waals surface area contributed by atoms with E-state index in [9.17, 15) is 16.8 Å². The highest BCUT2D eigenvalue weighted by atomic mass is 32.2. The molecule has 1 N–H and O–H groups in total. The highest BCUT2D eigenvalue weighted by Crippen LogP contribution is 2.31. The van der Waals surface area contributed by atoms with Crippen LogP contribution in [0.25, 0.3) is 0 Å². The average molecular weight is 374 g/mol. The fourth-order valence-corrected chi connectivity index (χ4v) is 6.31. The average Bonchev–Trinajstić information content (AvgIpc) is 2.44. The molecule has 1 fully saturated rings. The second kappa shape index (κ2) is 6.77. The number of rotatable bonds is 4. The third-order valence-corrected chi connectivity index (χ3v) is 8.00. The quantitative estimate of drug-likeness (QED) is 0.880. The van der Waals surface area contributed by atoms with Gasteiger partial charge in [0.05, 0.1) is 9.79 Å².